The zero-order valence-corrected chi connectivity index (χ0v) is 8.98. The van der Waals surface area contributed by atoms with Crippen molar-refractivity contribution in [1.82, 2.24) is 30.5 Å². The van der Waals surface area contributed by atoms with Crippen LogP contribution in [0.1, 0.15) is 17.7 Å². The van der Waals surface area contributed by atoms with Crippen molar-refractivity contribution < 1.29 is 8.78 Å². The van der Waals surface area contributed by atoms with E-state index in [9.17, 15) is 8.78 Å². The number of hydrogen-bond acceptors (Lipinski definition) is 5. The van der Waals surface area contributed by atoms with Gasteiger partial charge in [0.05, 0.1) is 0 Å². The summed E-state index contributed by atoms with van der Waals surface area (Å²) < 4.78 is 25.6. The molecule has 2 aromatic rings. The fourth-order valence-corrected chi connectivity index (χ4v) is 1.36. The van der Waals surface area contributed by atoms with Gasteiger partial charge in [0.25, 0.3) is 6.43 Å². The van der Waals surface area contributed by atoms with E-state index in [1.165, 1.54) is 12.5 Å². The van der Waals surface area contributed by atoms with Crippen molar-refractivity contribution in [2.24, 2.45) is 0 Å². The van der Waals surface area contributed by atoms with Gasteiger partial charge in [-0.15, -0.1) is 0 Å². The fraction of sp³-hybridized carbons (Fsp3) is 0.333. The lowest BCUT2D eigenvalue weighted by Crippen LogP contribution is -2.11. The monoisotopic (exact) mass is 240 g/mol. The Morgan fingerprint density at radius 2 is 2.24 bits per heavy atom. The van der Waals surface area contributed by atoms with Gasteiger partial charge in [-0.25, -0.2) is 23.7 Å². The van der Waals surface area contributed by atoms with Crippen LogP contribution in [0.25, 0.3) is 11.6 Å². The molecule has 0 unspecified atom stereocenters. The minimum Gasteiger partial charge on any atom is -0.316 e. The molecule has 0 bridgehead atoms. The summed E-state index contributed by atoms with van der Waals surface area (Å²) in [6, 6.07) is 0. The van der Waals surface area contributed by atoms with Crippen LogP contribution in [-0.2, 0) is 6.54 Å². The number of aromatic nitrogens is 5. The van der Waals surface area contributed by atoms with Crippen LogP contribution >= 0.6 is 0 Å². The zero-order chi connectivity index (χ0) is 12.3. The highest BCUT2D eigenvalue weighted by Gasteiger charge is 2.17. The van der Waals surface area contributed by atoms with Gasteiger partial charge in [0.2, 0.25) is 0 Å². The van der Waals surface area contributed by atoms with E-state index in [-0.39, 0.29) is 23.9 Å². The van der Waals surface area contributed by atoms with Crippen LogP contribution in [0.3, 0.4) is 0 Å². The van der Waals surface area contributed by atoms with Gasteiger partial charge in [-0.3, -0.25) is 5.10 Å². The van der Waals surface area contributed by atoms with Gasteiger partial charge in [-0.2, -0.15) is 5.10 Å². The molecule has 6 nitrogen and oxygen atoms in total. The number of aromatic amines is 1. The third-order valence-electron chi connectivity index (χ3n) is 2.10. The molecule has 0 aromatic carbocycles. The Balaban J connectivity index is 2.42. The molecule has 2 rings (SSSR count). The highest BCUT2D eigenvalue weighted by Crippen LogP contribution is 2.22. The molecule has 0 fully saturated rings. The van der Waals surface area contributed by atoms with Crippen molar-refractivity contribution in [1.29, 1.82) is 0 Å². The van der Waals surface area contributed by atoms with Crippen molar-refractivity contribution in [3.05, 3.63) is 23.8 Å². The maximum absolute atomic E-state index is 12.8. The summed E-state index contributed by atoms with van der Waals surface area (Å²) in [6.07, 6.45) is -0.0199. The molecule has 2 heterocycles. The average molecular weight is 240 g/mol. The third kappa shape index (κ3) is 2.41. The molecular formula is C9H10F2N6. The van der Waals surface area contributed by atoms with E-state index in [4.69, 9.17) is 0 Å². The minimum absolute atomic E-state index is 0.109. The van der Waals surface area contributed by atoms with Crippen LogP contribution < -0.4 is 5.32 Å². The Morgan fingerprint density at radius 3 is 2.82 bits per heavy atom. The van der Waals surface area contributed by atoms with Crippen LogP contribution in [0.2, 0.25) is 0 Å². The first kappa shape index (κ1) is 11.5. The van der Waals surface area contributed by atoms with E-state index in [2.05, 4.69) is 30.5 Å². The van der Waals surface area contributed by atoms with Crippen LogP contribution in [0.15, 0.2) is 12.5 Å². The Bertz CT molecular complexity index is 484. The molecule has 0 atom stereocenters. The second-order valence-corrected chi connectivity index (χ2v) is 3.27. The maximum atomic E-state index is 12.8. The van der Waals surface area contributed by atoms with Crippen LogP contribution in [-0.4, -0.2) is 32.2 Å². The van der Waals surface area contributed by atoms with Crippen molar-refractivity contribution in [2.75, 3.05) is 7.05 Å². The van der Waals surface area contributed by atoms with Gasteiger partial charge in [-0.05, 0) is 7.05 Å². The molecule has 17 heavy (non-hydrogen) atoms. The summed E-state index contributed by atoms with van der Waals surface area (Å²) in [7, 11) is 1.67. The first-order valence-corrected chi connectivity index (χ1v) is 4.86. The molecule has 8 heteroatoms. The van der Waals surface area contributed by atoms with E-state index >= 15 is 0 Å². The first-order chi connectivity index (χ1) is 8.22. The summed E-state index contributed by atoms with van der Waals surface area (Å²) >= 11 is 0. The van der Waals surface area contributed by atoms with Gasteiger partial charge in [0, 0.05) is 18.3 Å². The zero-order valence-electron chi connectivity index (χ0n) is 8.98. The van der Waals surface area contributed by atoms with Gasteiger partial charge >= 0.3 is 0 Å². The van der Waals surface area contributed by atoms with Crippen molar-refractivity contribution in [3.8, 4) is 11.6 Å². The molecule has 0 amide bonds. The Hall–Kier alpha value is -1.96. The van der Waals surface area contributed by atoms with E-state index in [1.54, 1.807) is 7.05 Å². The molecule has 90 valence electrons. The highest BCUT2D eigenvalue weighted by atomic mass is 19.3. The molecule has 0 aliphatic heterocycles. The Kier molecular flexibility index (Phi) is 3.33. The number of nitrogens with one attached hydrogen (secondary N) is 2. The average Bonchev–Trinajstić information content (AvgIpc) is 2.83. The summed E-state index contributed by atoms with van der Waals surface area (Å²) in [5.74, 6) is 0.376. The summed E-state index contributed by atoms with van der Waals surface area (Å²) in [4.78, 5) is 11.6. The maximum Gasteiger partial charge on any atom is 0.280 e. The van der Waals surface area contributed by atoms with E-state index in [0.717, 1.165) is 0 Å². The van der Waals surface area contributed by atoms with E-state index in [0.29, 0.717) is 5.56 Å². The summed E-state index contributed by atoms with van der Waals surface area (Å²) in [5.41, 5.74) is 0.0755. The number of hydrogen-bond donors (Lipinski definition) is 2. The van der Waals surface area contributed by atoms with Crippen LogP contribution in [0.5, 0.6) is 0 Å². The number of rotatable bonds is 4. The first-order valence-electron chi connectivity index (χ1n) is 4.86. The molecule has 0 spiro atoms. The van der Waals surface area contributed by atoms with Crippen molar-refractivity contribution in [3.63, 3.8) is 0 Å². The molecule has 0 aliphatic carbocycles. The normalized spacial score (nSPS) is 11.1. The second-order valence-electron chi connectivity index (χ2n) is 3.27. The number of nitrogens with zero attached hydrogens (tertiary/aromatic N) is 4. The van der Waals surface area contributed by atoms with Gasteiger partial charge in [0.1, 0.15) is 12.0 Å². The number of alkyl halides is 2. The number of H-pyrrole nitrogens is 1. The molecule has 0 aliphatic rings. The molecular weight excluding hydrogens is 230 g/mol. The summed E-state index contributed by atoms with van der Waals surface area (Å²) in [5, 5.41) is 8.92. The van der Waals surface area contributed by atoms with E-state index < -0.39 is 6.43 Å². The molecule has 2 N–H and O–H groups in total. The lowest BCUT2D eigenvalue weighted by Gasteiger charge is -2.07. The molecule has 2 aromatic heterocycles. The molecule has 0 saturated heterocycles. The topological polar surface area (TPSA) is 79.4 Å². The standard InChI is InChI=1S/C9H10F2N6/c1-12-2-5-3-13-8(9-14-4-15-17-9)16-6(5)7(10)11/h3-4,7,12H,2H2,1H3,(H,14,15,17). The van der Waals surface area contributed by atoms with Gasteiger partial charge < -0.3 is 5.32 Å². The SMILES string of the molecule is CNCc1cnc(-c2ncn[nH]2)nc1C(F)F. The largest absolute Gasteiger partial charge is 0.316 e. The van der Waals surface area contributed by atoms with E-state index in [1.807, 2.05) is 0 Å². The quantitative estimate of drug-likeness (QED) is 0.830. The fourth-order valence-electron chi connectivity index (χ4n) is 1.36. The predicted octanol–water partition coefficient (Wildman–Crippen LogP) is 0.919. The molecule has 0 saturated carbocycles. The lowest BCUT2D eigenvalue weighted by atomic mass is 10.2. The predicted molar refractivity (Wildman–Crippen MR) is 55.1 cm³/mol. The van der Waals surface area contributed by atoms with Crippen LogP contribution in [0.4, 0.5) is 8.78 Å². The smallest absolute Gasteiger partial charge is 0.280 e. The highest BCUT2D eigenvalue weighted by molar-refractivity contribution is 5.42. The number of halogens is 2. The minimum atomic E-state index is -2.65. The van der Waals surface area contributed by atoms with Crippen molar-refractivity contribution in [2.45, 2.75) is 13.0 Å². The van der Waals surface area contributed by atoms with Gasteiger partial charge in [-0.1, -0.05) is 0 Å². The van der Waals surface area contributed by atoms with Crippen LogP contribution in [0, 0.1) is 0 Å². The van der Waals surface area contributed by atoms with Crippen molar-refractivity contribution >= 4 is 0 Å². The van der Waals surface area contributed by atoms with Gasteiger partial charge in [0.15, 0.2) is 11.6 Å². The Morgan fingerprint density at radius 1 is 1.41 bits per heavy atom. The lowest BCUT2D eigenvalue weighted by molar-refractivity contribution is 0.144. The second kappa shape index (κ2) is 4.91. The Labute approximate surface area is 95.5 Å². The third-order valence-corrected chi connectivity index (χ3v) is 2.10. The molecule has 0 radical (unpaired) electrons. The summed E-state index contributed by atoms with van der Waals surface area (Å²) in [6.45, 7) is 0.288.